The van der Waals surface area contributed by atoms with E-state index in [9.17, 15) is 19.2 Å². The fraction of sp³-hybridized carbons (Fsp3) is 0.304. The highest BCUT2D eigenvalue weighted by Gasteiger charge is 2.48. The van der Waals surface area contributed by atoms with E-state index in [1.807, 2.05) is 49.4 Å². The zero-order valence-electron chi connectivity index (χ0n) is 34.2. The molecule has 308 valence electrons. The van der Waals surface area contributed by atoms with E-state index < -0.39 is 18.2 Å². The molecule has 14 nitrogen and oxygen atoms in total. The number of alkyl carbamates (subject to hydrolysis) is 2. The van der Waals surface area contributed by atoms with Gasteiger partial charge >= 0.3 is 12.2 Å². The standard InChI is InChI=1S/C46H48N8O6/c1-6-20-53(44(56)40(52-46(58)60-5)28-10-8-7-9-11-28)24-37-48-35-18-14-31-21-29(12-16-33(31)41(35)50-37)30-13-17-34-32(22-30)15-19-36-42(34)51-38(49-36)25-54(43-26(2)27(43)3)39(55)23-47-45(57)59-4/h7-19,21-22,26-27,40,43H,6,20,23-25H2,1-5H3,(H,47,57)(H,48,50)(H,49,51)(H,52,58)/t26-,27?,40-,43?/m1/s1. The third-order valence-electron chi connectivity index (χ3n) is 11.7. The minimum Gasteiger partial charge on any atom is -0.453 e. The number of aromatic amines is 2. The van der Waals surface area contributed by atoms with Crippen molar-refractivity contribution in [2.24, 2.45) is 11.8 Å². The first-order valence-corrected chi connectivity index (χ1v) is 20.2. The Hall–Kier alpha value is -6.96. The van der Waals surface area contributed by atoms with Crippen LogP contribution in [0.2, 0.25) is 0 Å². The number of H-pyrrole nitrogens is 2. The highest BCUT2D eigenvalue weighted by atomic mass is 16.5. The van der Waals surface area contributed by atoms with Crippen LogP contribution in [0.5, 0.6) is 0 Å². The number of methoxy groups -OCH3 is 2. The maximum Gasteiger partial charge on any atom is 0.407 e. The van der Waals surface area contributed by atoms with Crippen LogP contribution in [0.3, 0.4) is 0 Å². The van der Waals surface area contributed by atoms with E-state index in [1.165, 1.54) is 14.2 Å². The second-order valence-corrected chi connectivity index (χ2v) is 15.5. The molecule has 0 spiro atoms. The van der Waals surface area contributed by atoms with Crippen molar-refractivity contribution in [2.75, 3.05) is 27.3 Å². The second kappa shape index (κ2) is 16.7. The molecule has 14 heteroatoms. The van der Waals surface area contributed by atoms with E-state index in [-0.39, 0.29) is 30.9 Å². The van der Waals surface area contributed by atoms with Gasteiger partial charge in [0.2, 0.25) is 11.8 Å². The number of aromatic nitrogens is 4. The summed E-state index contributed by atoms with van der Waals surface area (Å²) in [7, 11) is 2.55. The molecule has 1 aliphatic carbocycles. The van der Waals surface area contributed by atoms with Crippen molar-refractivity contribution < 1.29 is 28.7 Å². The number of carbonyl (C=O) groups is 4. The smallest absolute Gasteiger partial charge is 0.407 e. The van der Waals surface area contributed by atoms with Gasteiger partial charge in [0, 0.05) is 23.4 Å². The van der Waals surface area contributed by atoms with E-state index in [0.717, 1.165) is 61.2 Å². The van der Waals surface area contributed by atoms with Crippen molar-refractivity contribution in [2.45, 2.75) is 52.4 Å². The Balaban J connectivity index is 1.03. The molecule has 2 unspecified atom stereocenters. The highest BCUT2D eigenvalue weighted by molar-refractivity contribution is 6.07. The molecule has 4 amide bonds. The molecule has 1 saturated carbocycles. The number of rotatable bonds is 13. The lowest BCUT2D eigenvalue weighted by molar-refractivity contribution is -0.134. The second-order valence-electron chi connectivity index (χ2n) is 15.5. The number of carbonyl (C=O) groups excluding carboxylic acids is 4. The molecule has 4 atom stereocenters. The molecular formula is C46H48N8O6. The number of nitrogens with one attached hydrogen (secondary N) is 4. The Morgan fingerprint density at radius 1 is 0.733 bits per heavy atom. The molecule has 1 fully saturated rings. The lowest BCUT2D eigenvalue weighted by Crippen LogP contribution is -2.43. The zero-order chi connectivity index (χ0) is 42.1. The third kappa shape index (κ3) is 7.92. The van der Waals surface area contributed by atoms with Crippen molar-refractivity contribution in [1.82, 2.24) is 40.4 Å². The Bertz CT molecular complexity index is 2740. The molecule has 5 aromatic carbocycles. The van der Waals surface area contributed by atoms with Crippen LogP contribution in [0.1, 0.15) is 50.4 Å². The predicted octanol–water partition coefficient (Wildman–Crippen LogP) is 7.59. The van der Waals surface area contributed by atoms with Crippen LogP contribution in [-0.4, -0.2) is 87.1 Å². The monoisotopic (exact) mass is 808 g/mol. The highest BCUT2D eigenvalue weighted by Crippen LogP contribution is 2.43. The molecule has 8 rings (SSSR count). The molecule has 2 heterocycles. The van der Waals surface area contributed by atoms with Gasteiger partial charge in [-0.15, -0.1) is 0 Å². The van der Waals surface area contributed by atoms with E-state index >= 15 is 0 Å². The molecule has 2 aromatic heterocycles. The first kappa shape index (κ1) is 39.8. The minimum atomic E-state index is -0.913. The number of imidazole rings is 2. The molecule has 1 aliphatic rings. The van der Waals surface area contributed by atoms with Gasteiger partial charge in [-0.05, 0) is 70.0 Å². The number of hydrogen-bond donors (Lipinski definition) is 4. The van der Waals surface area contributed by atoms with Crippen molar-refractivity contribution in [1.29, 1.82) is 0 Å². The van der Waals surface area contributed by atoms with Crippen LogP contribution in [0.25, 0.3) is 54.7 Å². The number of fused-ring (bicyclic) bond motifs is 6. The van der Waals surface area contributed by atoms with Gasteiger partial charge in [0.05, 0.1) is 49.4 Å². The van der Waals surface area contributed by atoms with Gasteiger partial charge in [0.15, 0.2) is 0 Å². The minimum absolute atomic E-state index is 0.0702. The van der Waals surface area contributed by atoms with Gasteiger partial charge in [-0.1, -0.05) is 87.5 Å². The number of hydrogen-bond acceptors (Lipinski definition) is 8. The Labute approximate surface area is 346 Å². The van der Waals surface area contributed by atoms with Gasteiger partial charge in [-0.2, -0.15) is 0 Å². The number of nitrogens with zero attached hydrogens (tertiary/aromatic N) is 4. The molecule has 4 N–H and O–H groups in total. The molecule has 0 radical (unpaired) electrons. The predicted molar refractivity (Wildman–Crippen MR) is 230 cm³/mol. The third-order valence-corrected chi connectivity index (χ3v) is 11.7. The van der Waals surface area contributed by atoms with Crippen LogP contribution in [0.4, 0.5) is 9.59 Å². The number of amides is 4. The topological polar surface area (TPSA) is 175 Å². The molecule has 0 bridgehead atoms. The first-order chi connectivity index (χ1) is 29.1. The summed E-state index contributed by atoms with van der Waals surface area (Å²) in [6.07, 6.45) is -0.607. The quantitative estimate of drug-likeness (QED) is 0.0922. The maximum absolute atomic E-state index is 14.0. The van der Waals surface area contributed by atoms with Crippen molar-refractivity contribution in [3.8, 4) is 11.1 Å². The molecule has 0 aliphatic heterocycles. The summed E-state index contributed by atoms with van der Waals surface area (Å²) in [5.41, 5.74) is 6.15. The van der Waals surface area contributed by atoms with Gasteiger partial charge in [-0.3, -0.25) is 9.59 Å². The normalized spacial score (nSPS) is 16.4. The molecular weight excluding hydrogens is 761 g/mol. The van der Waals surface area contributed by atoms with Gasteiger partial charge in [0.1, 0.15) is 24.2 Å². The van der Waals surface area contributed by atoms with Crippen LogP contribution >= 0.6 is 0 Å². The number of benzene rings is 5. The van der Waals surface area contributed by atoms with Gasteiger partial charge in [-0.25, -0.2) is 19.6 Å². The van der Waals surface area contributed by atoms with Gasteiger partial charge in [0.25, 0.3) is 0 Å². The largest absolute Gasteiger partial charge is 0.453 e. The fourth-order valence-electron chi connectivity index (χ4n) is 8.27. The fourth-order valence-corrected chi connectivity index (χ4v) is 8.27. The van der Waals surface area contributed by atoms with Crippen molar-refractivity contribution in [3.63, 3.8) is 0 Å². The zero-order valence-corrected chi connectivity index (χ0v) is 34.2. The van der Waals surface area contributed by atoms with Gasteiger partial charge < -0.3 is 39.9 Å². The first-order valence-electron chi connectivity index (χ1n) is 20.2. The summed E-state index contributed by atoms with van der Waals surface area (Å²) in [5.74, 6) is 1.58. The number of ether oxygens (including phenoxy) is 2. The van der Waals surface area contributed by atoms with E-state index in [2.05, 4.69) is 87.7 Å². The summed E-state index contributed by atoms with van der Waals surface area (Å²) >= 11 is 0. The summed E-state index contributed by atoms with van der Waals surface area (Å²) in [6.45, 7) is 7.12. The molecule has 7 aromatic rings. The van der Waals surface area contributed by atoms with Crippen LogP contribution in [0.15, 0.2) is 91.0 Å². The van der Waals surface area contributed by atoms with Crippen molar-refractivity contribution in [3.05, 3.63) is 108 Å². The van der Waals surface area contributed by atoms with Crippen LogP contribution in [0, 0.1) is 11.8 Å². The summed E-state index contributed by atoms with van der Waals surface area (Å²) in [4.78, 5) is 71.5. The lowest BCUT2D eigenvalue weighted by Gasteiger charge is -2.27. The molecule has 0 saturated heterocycles. The summed E-state index contributed by atoms with van der Waals surface area (Å²) in [6, 6.07) is 29.2. The van der Waals surface area contributed by atoms with Crippen LogP contribution < -0.4 is 10.6 Å². The Kier molecular flexibility index (Phi) is 11.1. The Morgan fingerprint density at radius 3 is 1.83 bits per heavy atom. The Morgan fingerprint density at radius 2 is 1.30 bits per heavy atom. The molecule has 60 heavy (non-hydrogen) atoms. The van der Waals surface area contributed by atoms with Crippen molar-refractivity contribution >= 4 is 67.6 Å². The van der Waals surface area contributed by atoms with E-state index in [4.69, 9.17) is 14.7 Å². The van der Waals surface area contributed by atoms with E-state index in [0.29, 0.717) is 42.1 Å². The average molecular weight is 809 g/mol. The lowest BCUT2D eigenvalue weighted by atomic mass is 9.98. The summed E-state index contributed by atoms with van der Waals surface area (Å²) < 4.78 is 9.49. The average Bonchev–Trinajstić information content (AvgIpc) is 3.56. The SMILES string of the molecule is CCCN(Cc1nc2c(ccc3cc(-c4ccc5c(ccc6[nH]c(CN(C(=O)CNC(=O)OC)C7C(C)[C@H]7C)nc65)c4)ccc32)[nH]1)C(=O)[C@H](NC(=O)OC)c1ccccc1. The summed E-state index contributed by atoms with van der Waals surface area (Å²) in [5, 5.41) is 9.26. The maximum atomic E-state index is 14.0. The van der Waals surface area contributed by atoms with E-state index in [1.54, 1.807) is 9.80 Å². The van der Waals surface area contributed by atoms with Crippen LogP contribution in [-0.2, 0) is 32.2 Å².